The van der Waals surface area contributed by atoms with E-state index in [1.807, 2.05) is 30.3 Å². The summed E-state index contributed by atoms with van der Waals surface area (Å²) in [5.41, 5.74) is 1.60. The van der Waals surface area contributed by atoms with E-state index in [-0.39, 0.29) is 36.7 Å². The number of nitrogens with one attached hydrogen (secondary N) is 2. The number of carbonyl (C=O) groups excluding carboxylic acids is 3. The Bertz CT molecular complexity index is 1020. The molecular weight excluding hydrogens is 422 g/mol. The van der Waals surface area contributed by atoms with Crippen LogP contribution in [-0.2, 0) is 20.8 Å². The molecule has 174 valence electrons. The molecule has 2 atom stereocenters. The number of nitrogens with zero attached hydrogens (tertiary/aromatic N) is 1. The number of amides is 3. The van der Waals surface area contributed by atoms with Crippen LogP contribution in [0.25, 0.3) is 0 Å². The Kier molecular flexibility index (Phi) is 6.82. The van der Waals surface area contributed by atoms with E-state index in [0.717, 1.165) is 18.4 Å². The minimum Gasteiger partial charge on any atom is -0.493 e. The van der Waals surface area contributed by atoms with Crippen LogP contribution in [0.4, 0.5) is 5.69 Å². The molecule has 1 aliphatic heterocycles. The Labute approximate surface area is 193 Å². The SMILES string of the molecule is COc1ccc(N2CC(C(=O)NC(Cc3ccccc3)C(=O)NC3CC3)CC2=O)cc1OC. The second-order valence-corrected chi connectivity index (χ2v) is 8.48. The van der Waals surface area contributed by atoms with Gasteiger partial charge in [-0.15, -0.1) is 0 Å². The summed E-state index contributed by atoms with van der Waals surface area (Å²) in [7, 11) is 3.08. The van der Waals surface area contributed by atoms with E-state index in [4.69, 9.17) is 9.47 Å². The summed E-state index contributed by atoms with van der Waals surface area (Å²) in [5, 5.41) is 5.88. The Balaban J connectivity index is 1.44. The van der Waals surface area contributed by atoms with Crippen LogP contribution in [0.5, 0.6) is 11.5 Å². The van der Waals surface area contributed by atoms with Gasteiger partial charge in [0.2, 0.25) is 17.7 Å². The minimum absolute atomic E-state index is 0.0858. The maximum absolute atomic E-state index is 13.1. The highest BCUT2D eigenvalue weighted by molar-refractivity contribution is 6.01. The first-order valence-electron chi connectivity index (χ1n) is 11.2. The van der Waals surface area contributed by atoms with Gasteiger partial charge >= 0.3 is 0 Å². The molecule has 4 rings (SSSR count). The monoisotopic (exact) mass is 451 g/mol. The van der Waals surface area contributed by atoms with E-state index in [0.29, 0.717) is 23.6 Å². The van der Waals surface area contributed by atoms with Crippen LogP contribution < -0.4 is 25.0 Å². The molecule has 0 bridgehead atoms. The number of carbonyl (C=O) groups is 3. The Hall–Kier alpha value is -3.55. The highest BCUT2D eigenvalue weighted by Gasteiger charge is 2.37. The zero-order valence-corrected chi connectivity index (χ0v) is 18.9. The highest BCUT2D eigenvalue weighted by atomic mass is 16.5. The second-order valence-electron chi connectivity index (χ2n) is 8.48. The van der Waals surface area contributed by atoms with Crippen molar-refractivity contribution in [3.8, 4) is 11.5 Å². The number of hydrogen-bond acceptors (Lipinski definition) is 5. The molecule has 2 N–H and O–H groups in total. The molecule has 2 fully saturated rings. The zero-order valence-electron chi connectivity index (χ0n) is 18.9. The van der Waals surface area contributed by atoms with E-state index in [1.165, 1.54) is 7.11 Å². The van der Waals surface area contributed by atoms with E-state index in [2.05, 4.69) is 10.6 Å². The molecule has 2 unspecified atom stereocenters. The number of rotatable bonds is 9. The summed E-state index contributed by atoms with van der Waals surface area (Å²) in [6.45, 7) is 0.239. The molecule has 33 heavy (non-hydrogen) atoms. The summed E-state index contributed by atoms with van der Waals surface area (Å²) in [6, 6.07) is 14.3. The van der Waals surface area contributed by atoms with Crippen LogP contribution in [0.15, 0.2) is 48.5 Å². The summed E-state index contributed by atoms with van der Waals surface area (Å²) >= 11 is 0. The zero-order chi connectivity index (χ0) is 23.4. The van der Waals surface area contributed by atoms with Crippen molar-refractivity contribution in [1.29, 1.82) is 0 Å². The number of anilines is 1. The fraction of sp³-hybridized carbons (Fsp3) is 0.400. The largest absolute Gasteiger partial charge is 0.493 e. The fourth-order valence-corrected chi connectivity index (χ4v) is 4.00. The molecule has 1 saturated heterocycles. The number of ether oxygens (including phenoxy) is 2. The molecule has 1 aliphatic carbocycles. The smallest absolute Gasteiger partial charge is 0.243 e. The van der Waals surface area contributed by atoms with Gasteiger partial charge in [0.15, 0.2) is 11.5 Å². The van der Waals surface area contributed by atoms with Crippen LogP contribution in [0.2, 0.25) is 0 Å². The summed E-state index contributed by atoms with van der Waals surface area (Å²) in [6.07, 6.45) is 2.41. The van der Waals surface area contributed by atoms with Crippen molar-refractivity contribution in [1.82, 2.24) is 10.6 Å². The first kappa shape index (κ1) is 22.6. The molecule has 3 amide bonds. The summed E-state index contributed by atoms with van der Waals surface area (Å²) in [5.74, 6) is -0.0982. The number of hydrogen-bond donors (Lipinski definition) is 2. The topological polar surface area (TPSA) is 97.0 Å². The van der Waals surface area contributed by atoms with Crippen molar-refractivity contribution >= 4 is 23.4 Å². The van der Waals surface area contributed by atoms with E-state index >= 15 is 0 Å². The van der Waals surface area contributed by atoms with E-state index in [9.17, 15) is 14.4 Å². The van der Waals surface area contributed by atoms with Crippen molar-refractivity contribution in [2.24, 2.45) is 5.92 Å². The molecule has 8 nitrogen and oxygen atoms in total. The van der Waals surface area contributed by atoms with Gasteiger partial charge in [-0.1, -0.05) is 30.3 Å². The van der Waals surface area contributed by atoms with Gasteiger partial charge in [0.05, 0.1) is 20.1 Å². The molecular formula is C25H29N3O5. The van der Waals surface area contributed by atoms with Gasteiger partial charge < -0.3 is 25.0 Å². The fourth-order valence-electron chi connectivity index (χ4n) is 4.00. The van der Waals surface area contributed by atoms with E-state index < -0.39 is 12.0 Å². The lowest BCUT2D eigenvalue weighted by Crippen LogP contribution is -2.50. The van der Waals surface area contributed by atoms with Crippen molar-refractivity contribution < 1.29 is 23.9 Å². The second kappa shape index (κ2) is 9.94. The van der Waals surface area contributed by atoms with Gasteiger partial charge in [0.1, 0.15) is 6.04 Å². The Morgan fingerprint density at radius 1 is 1.06 bits per heavy atom. The van der Waals surface area contributed by atoms with Crippen LogP contribution in [-0.4, -0.2) is 50.6 Å². The van der Waals surface area contributed by atoms with Crippen molar-refractivity contribution in [2.75, 3.05) is 25.7 Å². The summed E-state index contributed by atoms with van der Waals surface area (Å²) < 4.78 is 10.6. The van der Waals surface area contributed by atoms with Crippen LogP contribution in [0.1, 0.15) is 24.8 Å². The molecule has 0 radical (unpaired) electrons. The van der Waals surface area contributed by atoms with Gasteiger partial charge in [-0.3, -0.25) is 14.4 Å². The maximum Gasteiger partial charge on any atom is 0.243 e. The normalized spacial score (nSPS) is 18.5. The van der Waals surface area contributed by atoms with Gasteiger partial charge in [0.25, 0.3) is 0 Å². The van der Waals surface area contributed by atoms with Gasteiger partial charge in [0, 0.05) is 37.2 Å². The number of benzene rings is 2. The average Bonchev–Trinajstić information content (AvgIpc) is 3.56. The third-order valence-corrected chi connectivity index (χ3v) is 6.01. The molecule has 8 heteroatoms. The predicted octanol–water partition coefficient (Wildman–Crippen LogP) is 2.06. The maximum atomic E-state index is 13.1. The van der Waals surface area contributed by atoms with Crippen LogP contribution in [0, 0.1) is 5.92 Å². The molecule has 1 saturated carbocycles. The molecule has 2 aromatic rings. The van der Waals surface area contributed by atoms with Gasteiger partial charge in [-0.25, -0.2) is 0 Å². The lowest BCUT2D eigenvalue weighted by atomic mass is 10.0. The van der Waals surface area contributed by atoms with Crippen molar-refractivity contribution in [3.63, 3.8) is 0 Å². The first-order chi connectivity index (χ1) is 16.0. The summed E-state index contributed by atoms with van der Waals surface area (Å²) in [4.78, 5) is 40.2. The van der Waals surface area contributed by atoms with E-state index in [1.54, 1.807) is 30.2 Å². The van der Waals surface area contributed by atoms with Gasteiger partial charge in [-0.2, -0.15) is 0 Å². The van der Waals surface area contributed by atoms with Crippen molar-refractivity contribution in [3.05, 3.63) is 54.1 Å². The molecule has 0 spiro atoms. The predicted molar refractivity (Wildman–Crippen MR) is 123 cm³/mol. The van der Waals surface area contributed by atoms with Gasteiger partial charge in [-0.05, 0) is 30.5 Å². The lowest BCUT2D eigenvalue weighted by molar-refractivity contribution is -0.131. The quantitative estimate of drug-likeness (QED) is 0.608. The minimum atomic E-state index is -0.689. The highest BCUT2D eigenvalue weighted by Crippen LogP contribution is 2.34. The molecule has 0 aromatic heterocycles. The first-order valence-corrected chi connectivity index (χ1v) is 11.2. The van der Waals surface area contributed by atoms with Crippen LogP contribution >= 0.6 is 0 Å². The third kappa shape index (κ3) is 5.45. The lowest BCUT2D eigenvalue weighted by Gasteiger charge is -2.21. The third-order valence-electron chi connectivity index (χ3n) is 6.01. The Morgan fingerprint density at radius 2 is 1.79 bits per heavy atom. The number of methoxy groups -OCH3 is 2. The van der Waals surface area contributed by atoms with Crippen LogP contribution in [0.3, 0.4) is 0 Å². The standard InChI is InChI=1S/C25H29N3O5/c1-32-21-11-10-19(14-22(21)33-2)28-15-17(13-23(28)29)24(30)27-20(25(31)26-18-8-9-18)12-16-6-4-3-5-7-16/h3-7,10-11,14,17-18,20H,8-9,12-13,15H2,1-2H3,(H,26,31)(H,27,30). The van der Waals surface area contributed by atoms with Crippen molar-refractivity contribution in [2.45, 2.75) is 37.8 Å². The molecule has 2 aromatic carbocycles. The Morgan fingerprint density at radius 3 is 2.45 bits per heavy atom. The average molecular weight is 452 g/mol. The molecule has 2 aliphatic rings. The molecule has 1 heterocycles.